The molecule has 0 bridgehead atoms. The van der Waals surface area contributed by atoms with Gasteiger partial charge in [-0.1, -0.05) is 0 Å². The van der Waals surface area contributed by atoms with Crippen LogP contribution >= 0.6 is 11.3 Å². The number of aliphatic carboxylic acids is 1. The van der Waals surface area contributed by atoms with Crippen LogP contribution in [-0.4, -0.2) is 22.2 Å². The summed E-state index contributed by atoms with van der Waals surface area (Å²) in [6.45, 7) is 1.64. The SMILES string of the molecule is Cc1cc(C(=O)O)sc1[C@@H](N)C(=O)O. The molecule has 0 radical (unpaired) electrons. The zero-order chi connectivity index (χ0) is 10.9. The second-order valence-electron chi connectivity index (χ2n) is 2.78. The molecule has 0 spiro atoms. The van der Waals surface area contributed by atoms with Crippen molar-refractivity contribution in [3.05, 3.63) is 21.4 Å². The Labute approximate surface area is 83.8 Å². The minimum absolute atomic E-state index is 0.106. The molecule has 4 N–H and O–H groups in total. The lowest BCUT2D eigenvalue weighted by Crippen LogP contribution is -2.20. The molecule has 0 saturated heterocycles. The molecule has 0 saturated carbocycles. The van der Waals surface area contributed by atoms with Gasteiger partial charge in [0.05, 0.1) is 0 Å². The van der Waals surface area contributed by atoms with Gasteiger partial charge in [-0.05, 0) is 18.6 Å². The van der Waals surface area contributed by atoms with Crippen LogP contribution in [0.2, 0.25) is 0 Å². The van der Waals surface area contributed by atoms with Crippen LogP contribution in [0.4, 0.5) is 0 Å². The van der Waals surface area contributed by atoms with Gasteiger partial charge in [-0.25, -0.2) is 4.79 Å². The smallest absolute Gasteiger partial charge is 0.345 e. The van der Waals surface area contributed by atoms with E-state index in [1.54, 1.807) is 6.92 Å². The first-order valence-corrected chi connectivity index (χ1v) is 4.57. The maximum absolute atomic E-state index is 10.6. The van der Waals surface area contributed by atoms with Crippen molar-refractivity contribution in [1.82, 2.24) is 0 Å². The Kier molecular flexibility index (Phi) is 2.87. The van der Waals surface area contributed by atoms with Gasteiger partial charge in [-0.15, -0.1) is 11.3 Å². The zero-order valence-corrected chi connectivity index (χ0v) is 8.17. The maximum Gasteiger partial charge on any atom is 0.345 e. The normalized spacial score (nSPS) is 12.4. The fourth-order valence-corrected chi connectivity index (χ4v) is 2.03. The van der Waals surface area contributed by atoms with Crippen molar-refractivity contribution in [2.24, 2.45) is 5.73 Å². The summed E-state index contributed by atoms with van der Waals surface area (Å²) in [4.78, 5) is 21.6. The zero-order valence-electron chi connectivity index (χ0n) is 7.35. The molecule has 0 fully saturated rings. The first kappa shape index (κ1) is 10.7. The quantitative estimate of drug-likeness (QED) is 0.693. The first-order chi connectivity index (χ1) is 6.43. The molecule has 0 aromatic carbocycles. The van der Waals surface area contributed by atoms with Gasteiger partial charge in [0.2, 0.25) is 0 Å². The highest BCUT2D eigenvalue weighted by Gasteiger charge is 2.21. The third kappa shape index (κ3) is 1.91. The van der Waals surface area contributed by atoms with E-state index in [1.165, 1.54) is 6.07 Å². The average Bonchev–Trinajstić information content (AvgIpc) is 2.46. The fraction of sp³-hybridized carbons (Fsp3) is 0.250. The van der Waals surface area contributed by atoms with Crippen LogP contribution < -0.4 is 5.73 Å². The van der Waals surface area contributed by atoms with Gasteiger partial charge in [0.1, 0.15) is 10.9 Å². The van der Waals surface area contributed by atoms with E-state index in [4.69, 9.17) is 15.9 Å². The van der Waals surface area contributed by atoms with Crippen molar-refractivity contribution in [2.45, 2.75) is 13.0 Å². The number of hydrogen-bond donors (Lipinski definition) is 3. The van der Waals surface area contributed by atoms with Gasteiger partial charge in [-0.3, -0.25) is 4.79 Å². The van der Waals surface area contributed by atoms with Gasteiger partial charge in [-0.2, -0.15) is 0 Å². The van der Waals surface area contributed by atoms with E-state index in [-0.39, 0.29) is 4.88 Å². The van der Waals surface area contributed by atoms with Crippen molar-refractivity contribution in [3.63, 3.8) is 0 Å². The number of carboxylic acid groups (broad SMARTS) is 2. The predicted molar refractivity (Wildman–Crippen MR) is 50.6 cm³/mol. The second kappa shape index (κ2) is 3.77. The van der Waals surface area contributed by atoms with Gasteiger partial charge in [0.15, 0.2) is 0 Å². The lowest BCUT2D eigenvalue weighted by atomic mass is 10.2. The second-order valence-corrected chi connectivity index (χ2v) is 3.86. The number of aryl methyl sites for hydroxylation is 1. The Balaban J connectivity index is 3.10. The van der Waals surface area contributed by atoms with E-state index >= 15 is 0 Å². The van der Waals surface area contributed by atoms with Crippen LogP contribution in [0.3, 0.4) is 0 Å². The van der Waals surface area contributed by atoms with E-state index in [1.807, 2.05) is 0 Å². The molecule has 1 heterocycles. The fourth-order valence-electron chi connectivity index (χ4n) is 1.02. The summed E-state index contributed by atoms with van der Waals surface area (Å²) >= 11 is 0.899. The molecule has 5 nitrogen and oxygen atoms in total. The van der Waals surface area contributed by atoms with E-state index in [0.717, 1.165) is 11.3 Å². The molecular formula is C8H9NO4S. The summed E-state index contributed by atoms with van der Waals surface area (Å²) in [5.41, 5.74) is 5.97. The summed E-state index contributed by atoms with van der Waals surface area (Å²) in [5, 5.41) is 17.3. The third-order valence-electron chi connectivity index (χ3n) is 1.72. The van der Waals surface area contributed by atoms with Crippen molar-refractivity contribution < 1.29 is 19.8 Å². The van der Waals surface area contributed by atoms with Gasteiger partial charge in [0, 0.05) is 4.88 Å². The minimum Gasteiger partial charge on any atom is -0.480 e. The molecule has 0 aliphatic rings. The summed E-state index contributed by atoms with van der Waals surface area (Å²) in [5.74, 6) is -2.23. The molecular weight excluding hydrogens is 206 g/mol. The number of thiophene rings is 1. The lowest BCUT2D eigenvalue weighted by Gasteiger charge is -2.03. The summed E-state index contributed by atoms with van der Waals surface area (Å²) in [7, 11) is 0. The van der Waals surface area contributed by atoms with Crippen LogP contribution in [-0.2, 0) is 4.79 Å². The maximum atomic E-state index is 10.6. The van der Waals surface area contributed by atoms with Crippen molar-refractivity contribution in [2.75, 3.05) is 0 Å². The van der Waals surface area contributed by atoms with Gasteiger partial charge >= 0.3 is 11.9 Å². The van der Waals surface area contributed by atoms with Crippen LogP contribution in [0.5, 0.6) is 0 Å². The van der Waals surface area contributed by atoms with Crippen molar-refractivity contribution in [3.8, 4) is 0 Å². The highest BCUT2D eigenvalue weighted by molar-refractivity contribution is 7.14. The Bertz CT molecular complexity index is 385. The van der Waals surface area contributed by atoms with E-state index < -0.39 is 18.0 Å². The minimum atomic E-state index is -1.16. The Hall–Kier alpha value is -1.40. The summed E-state index contributed by atoms with van der Waals surface area (Å²) in [6, 6.07) is 0.276. The molecule has 0 aliphatic carbocycles. The molecule has 1 atom stereocenters. The van der Waals surface area contributed by atoms with Crippen LogP contribution in [0, 0.1) is 6.92 Å². The standard InChI is InChI=1S/C8H9NO4S/c1-3-2-4(7(10)11)14-6(3)5(9)8(12)13/h2,5H,9H2,1H3,(H,10,11)(H,12,13)/t5-/m1/s1. The van der Waals surface area contributed by atoms with Gasteiger partial charge < -0.3 is 15.9 Å². The molecule has 1 aromatic heterocycles. The molecule has 14 heavy (non-hydrogen) atoms. The van der Waals surface area contributed by atoms with Crippen LogP contribution in [0.1, 0.15) is 26.2 Å². The van der Waals surface area contributed by atoms with Gasteiger partial charge in [0.25, 0.3) is 0 Å². The summed E-state index contributed by atoms with van der Waals surface area (Å²) < 4.78 is 0. The lowest BCUT2D eigenvalue weighted by molar-refractivity contribution is -0.138. The first-order valence-electron chi connectivity index (χ1n) is 3.75. The molecule has 0 amide bonds. The Morgan fingerprint density at radius 1 is 1.50 bits per heavy atom. The largest absolute Gasteiger partial charge is 0.480 e. The Morgan fingerprint density at radius 3 is 2.43 bits per heavy atom. The molecule has 0 aliphatic heterocycles. The Morgan fingerprint density at radius 2 is 2.07 bits per heavy atom. The van der Waals surface area contributed by atoms with E-state index in [2.05, 4.69) is 0 Å². The molecule has 1 aromatic rings. The number of carboxylic acids is 2. The topological polar surface area (TPSA) is 101 Å². The third-order valence-corrected chi connectivity index (χ3v) is 3.02. The molecule has 76 valence electrons. The molecule has 0 unspecified atom stereocenters. The van der Waals surface area contributed by atoms with Crippen LogP contribution in [0.25, 0.3) is 0 Å². The van der Waals surface area contributed by atoms with E-state index in [9.17, 15) is 9.59 Å². The highest BCUT2D eigenvalue weighted by Crippen LogP contribution is 2.26. The molecule has 6 heteroatoms. The average molecular weight is 215 g/mol. The monoisotopic (exact) mass is 215 g/mol. The number of aromatic carboxylic acids is 1. The number of carbonyl (C=O) groups is 2. The van der Waals surface area contributed by atoms with Crippen molar-refractivity contribution in [1.29, 1.82) is 0 Å². The predicted octanol–water partition coefficient (Wildman–Crippen LogP) is 0.839. The highest BCUT2D eigenvalue weighted by atomic mass is 32.1. The number of rotatable bonds is 3. The summed E-state index contributed by atoms with van der Waals surface area (Å²) in [6.07, 6.45) is 0. The van der Waals surface area contributed by atoms with E-state index in [0.29, 0.717) is 10.4 Å². The number of hydrogen-bond acceptors (Lipinski definition) is 4. The number of nitrogens with two attached hydrogens (primary N) is 1. The van der Waals surface area contributed by atoms with Crippen molar-refractivity contribution >= 4 is 23.3 Å². The molecule has 1 rings (SSSR count). The van der Waals surface area contributed by atoms with Crippen LogP contribution in [0.15, 0.2) is 6.07 Å².